The van der Waals surface area contributed by atoms with Gasteiger partial charge in [-0.2, -0.15) is 0 Å². The van der Waals surface area contributed by atoms with Crippen molar-refractivity contribution >= 4 is 27.3 Å². The summed E-state index contributed by atoms with van der Waals surface area (Å²) in [5, 5.41) is 13.4. The van der Waals surface area contributed by atoms with Gasteiger partial charge in [0.25, 0.3) is 0 Å². The molecule has 118 valence electrons. The molecule has 0 aromatic carbocycles. The number of amides is 1. The summed E-state index contributed by atoms with van der Waals surface area (Å²) in [4.78, 5) is 11.7. The molecule has 1 amide bonds. The molecular weight excluding hydrogens is 312 g/mol. The average Bonchev–Trinajstić information content (AvgIpc) is 2.98. The van der Waals surface area contributed by atoms with Crippen LogP contribution < -0.4 is 10.0 Å². The first kappa shape index (κ1) is 16.4. The average molecular weight is 332 g/mol. The van der Waals surface area contributed by atoms with Crippen molar-refractivity contribution in [1.82, 2.24) is 10.0 Å². The van der Waals surface area contributed by atoms with Crippen LogP contribution >= 0.6 is 11.3 Å². The second kappa shape index (κ2) is 6.87. The van der Waals surface area contributed by atoms with Gasteiger partial charge in [0.05, 0.1) is 0 Å². The first-order valence-corrected chi connectivity index (χ1v) is 9.24. The summed E-state index contributed by atoms with van der Waals surface area (Å²) in [5.74, 6) is -0.173. The maximum absolute atomic E-state index is 11.8. The van der Waals surface area contributed by atoms with Crippen molar-refractivity contribution < 1.29 is 18.3 Å². The third-order valence-electron chi connectivity index (χ3n) is 3.66. The Morgan fingerprint density at radius 2 is 2.19 bits per heavy atom. The highest BCUT2D eigenvalue weighted by Gasteiger charge is 2.41. The predicted molar refractivity (Wildman–Crippen MR) is 80.5 cm³/mol. The molecule has 21 heavy (non-hydrogen) atoms. The van der Waals surface area contributed by atoms with E-state index in [0.717, 1.165) is 24.2 Å². The molecule has 3 N–H and O–H groups in total. The standard InChI is InChI=1S/C13H20N2O4S2/c16-8-6-13(4-5-13)10-14-11(17)3-7-15-21(18,19)12-2-1-9-20-12/h1-2,9,15-16H,3-8,10H2,(H,14,17). The Morgan fingerprint density at radius 3 is 2.76 bits per heavy atom. The van der Waals surface area contributed by atoms with Crippen LogP contribution in [0.1, 0.15) is 25.7 Å². The summed E-state index contributed by atoms with van der Waals surface area (Å²) in [6, 6.07) is 3.20. The third kappa shape index (κ3) is 4.77. The summed E-state index contributed by atoms with van der Waals surface area (Å²) < 4.78 is 26.3. The molecule has 0 atom stereocenters. The Labute approximate surface area is 128 Å². The molecule has 1 saturated carbocycles. The molecule has 2 rings (SSSR count). The Morgan fingerprint density at radius 1 is 1.43 bits per heavy atom. The van der Waals surface area contributed by atoms with Crippen LogP contribution in [0.2, 0.25) is 0 Å². The van der Waals surface area contributed by atoms with E-state index in [-0.39, 0.29) is 35.1 Å². The second-order valence-electron chi connectivity index (χ2n) is 5.33. The number of nitrogens with one attached hydrogen (secondary N) is 2. The van der Waals surface area contributed by atoms with Crippen LogP contribution in [-0.4, -0.2) is 39.1 Å². The molecule has 0 unspecified atom stereocenters. The minimum Gasteiger partial charge on any atom is -0.396 e. The van der Waals surface area contributed by atoms with Gasteiger partial charge in [-0.25, -0.2) is 13.1 Å². The van der Waals surface area contributed by atoms with E-state index < -0.39 is 10.0 Å². The number of hydrogen-bond donors (Lipinski definition) is 3. The molecular formula is C13H20N2O4S2. The van der Waals surface area contributed by atoms with Crippen LogP contribution in [0, 0.1) is 5.41 Å². The molecule has 8 heteroatoms. The SMILES string of the molecule is O=C(CCNS(=O)(=O)c1cccs1)NCC1(CCO)CC1. The molecule has 0 saturated heterocycles. The fourth-order valence-corrected chi connectivity index (χ4v) is 4.16. The second-order valence-corrected chi connectivity index (χ2v) is 8.27. The minimum atomic E-state index is -3.50. The lowest BCUT2D eigenvalue weighted by atomic mass is 10.0. The minimum absolute atomic E-state index is 0.0703. The molecule has 1 aliphatic rings. The Hall–Kier alpha value is -0.960. The molecule has 1 aliphatic carbocycles. The first-order chi connectivity index (χ1) is 9.97. The van der Waals surface area contributed by atoms with E-state index in [2.05, 4.69) is 10.0 Å². The van der Waals surface area contributed by atoms with Gasteiger partial charge < -0.3 is 10.4 Å². The van der Waals surface area contributed by atoms with Gasteiger partial charge in [-0.1, -0.05) is 6.07 Å². The summed E-state index contributed by atoms with van der Waals surface area (Å²) in [7, 11) is -3.50. The number of rotatable bonds is 9. The fraction of sp³-hybridized carbons (Fsp3) is 0.615. The highest BCUT2D eigenvalue weighted by molar-refractivity contribution is 7.91. The van der Waals surface area contributed by atoms with Crippen LogP contribution in [0.3, 0.4) is 0 Å². The number of thiophene rings is 1. The van der Waals surface area contributed by atoms with Gasteiger partial charge in [-0.3, -0.25) is 4.79 Å². The monoisotopic (exact) mass is 332 g/mol. The smallest absolute Gasteiger partial charge is 0.250 e. The number of aliphatic hydroxyl groups excluding tert-OH is 1. The summed E-state index contributed by atoms with van der Waals surface area (Å²) in [5.41, 5.74) is 0.0703. The highest BCUT2D eigenvalue weighted by Crippen LogP contribution is 2.47. The van der Waals surface area contributed by atoms with Crippen molar-refractivity contribution in [3.8, 4) is 0 Å². The van der Waals surface area contributed by atoms with Crippen LogP contribution in [0.25, 0.3) is 0 Å². The van der Waals surface area contributed by atoms with Gasteiger partial charge in [-0.15, -0.1) is 11.3 Å². The lowest BCUT2D eigenvalue weighted by Crippen LogP contribution is -2.34. The molecule has 0 aliphatic heterocycles. The van der Waals surface area contributed by atoms with E-state index in [1.54, 1.807) is 11.4 Å². The zero-order chi connectivity index (χ0) is 15.3. The van der Waals surface area contributed by atoms with Gasteiger partial charge in [0, 0.05) is 26.1 Å². The normalized spacial score (nSPS) is 16.6. The maximum Gasteiger partial charge on any atom is 0.250 e. The molecule has 0 spiro atoms. The van der Waals surface area contributed by atoms with Crippen molar-refractivity contribution in [3.05, 3.63) is 17.5 Å². The third-order valence-corrected chi connectivity index (χ3v) is 6.52. The summed E-state index contributed by atoms with van der Waals surface area (Å²) in [6.07, 6.45) is 2.87. The summed E-state index contributed by atoms with van der Waals surface area (Å²) in [6.45, 7) is 0.777. The molecule has 6 nitrogen and oxygen atoms in total. The van der Waals surface area contributed by atoms with Crippen molar-refractivity contribution in [2.45, 2.75) is 29.9 Å². The lowest BCUT2D eigenvalue weighted by molar-refractivity contribution is -0.121. The number of sulfonamides is 1. The van der Waals surface area contributed by atoms with Gasteiger partial charge in [0.1, 0.15) is 4.21 Å². The maximum atomic E-state index is 11.8. The van der Waals surface area contributed by atoms with E-state index in [0.29, 0.717) is 13.0 Å². The molecule has 1 aromatic rings. The molecule has 0 bridgehead atoms. The predicted octanol–water partition coefficient (Wildman–Crippen LogP) is 0.695. The Balaban J connectivity index is 1.68. The van der Waals surface area contributed by atoms with E-state index in [9.17, 15) is 13.2 Å². The van der Waals surface area contributed by atoms with Crippen LogP contribution in [0.4, 0.5) is 0 Å². The molecule has 1 aromatic heterocycles. The number of carbonyl (C=O) groups excluding carboxylic acids is 1. The Kier molecular flexibility index (Phi) is 5.37. The highest BCUT2D eigenvalue weighted by atomic mass is 32.2. The Bertz CT molecular complexity index is 565. The topological polar surface area (TPSA) is 95.5 Å². The van der Waals surface area contributed by atoms with Gasteiger partial charge in [0.2, 0.25) is 15.9 Å². The quantitative estimate of drug-likeness (QED) is 0.620. The fourth-order valence-electron chi connectivity index (χ4n) is 2.09. The lowest BCUT2D eigenvalue weighted by Gasteiger charge is -2.14. The van der Waals surface area contributed by atoms with Gasteiger partial charge in [0.15, 0.2) is 0 Å². The van der Waals surface area contributed by atoms with Crippen molar-refractivity contribution in [2.75, 3.05) is 19.7 Å². The van der Waals surface area contributed by atoms with Crippen LogP contribution in [0.5, 0.6) is 0 Å². The van der Waals surface area contributed by atoms with Crippen LogP contribution in [0.15, 0.2) is 21.7 Å². The van der Waals surface area contributed by atoms with Crippen molar-refractivity contribution in [2.24, 2.45) is 5.41 Å². The number of hydrogen-bond acceptors (Lipinski definition) is 5. The zero-order valence-corrected chi connectivity index (χ0v) is 13.3. The van der Waals surface area contributed by atoms with E-state index in [4.69, 9.17) is 5.11 Å². The summed E-state index contributed by atoms with van der Waals surface area (Å²) >= 11 is 1.14. The molecule has 1 fully saturated rings. The van der Waals surface area contributed by atoms with E-state index >= 15 is 0 Å². The first-order valence-electron chi connectivity index (χ1n) is 6.88. The largest absolute Gasteiger partial charge is 0.396 e. The zero-order valence-electron chi connectivity index (χ0n) is 11.7. The number of aliphatic hydroxyl groups is 1. The van der Waals surface area contributed by atoms with Gasteiger partial charge in [-0.05, 0) is 36.1 Å². The molecule has 0 radical (unpaired) electrons. The molecule has 1 heterocycles. The van der Waals surface area contributed by atoms with Crippen LogP contribution in [-0.2, 0) is 14.8 Å². The van der Waals surface area contributed by atoms with Crippen molar-refractivity contribution in [1.29, 1.82) is 0 Å². The van der Waals surface area contributed by atoms with E-state index in [1.165, 1.54) is 6.07 Å². The van der Waals surface area contributed by atoms with Gasteiger partial charge >= 0.3 is 0 Å². The van der Waals surface area contributed by atoms with E-state index in [1.807, 2.05) is 0 Å². The number of carbonyl (C=O) groups is 1. The van der Waals surface area contributed by atoms with Crippen molar-refractivity contribution in [3.63, 3.8) is 0 Å².